The summed E-state index contributed by atoms with van der Waals surface area (Å²) < 4.78 is 16.5. The number of nitrogens with zero attached hydrogens (tertiary/aromatic N) is 2. The molecule has 0 radical (unpaired) electrons. The molecule has 0 fully saturated rings. The van der Waals surface area contributed by atoms with Gasteiger partial charge in [0, 0.05) is 24.2 Å². The maximum Gasteiger partial charge on any atom is 0.273 e. The van der Waals surface area contributed by atoms with Crippen molar-refractivity contribution in [3.63, 3.8) is 0 Å². The van der Waals surface area contributed by atoms with Crippen molar-refractivity contribution in [1.29, 1.82) is 0 Å². The van der Waals surface area contributed by atoms with Crippen LogP contribution in [0.15, 0.2) is 28.9 Å². The van der Waals surface area contributed by atoms with E-state index in [9.17, 15) is 4.79 Å². The van der Waals surface area contributed by atoms with Crippen LogP contribution in [0.5, 0.6) is 11.5 Å². The topological polar surface area (TPSA) is 76.8 Å². The number of methoxy groups -OCH3 is 2. The fraction of sp³-hybridized carbons (Fsp3) is 0.524. The number of aromatic nitrogens is 1. The predicted octanol–water partition coefficient (Wildman–Crippen LogP) is 3.63. The van der Waals surface area contributed by atoms with E-state index < -0.39 is 0 Å². The Labute approximate surface area is 167 Å². The Morgan fingerprint density at radius 2 is 1.96 bits per heavy atom. The summed E-state index contributed by atoms with van der Waals surface area (Å²) in [7, 11) is 3.27. The van der Waals surface area contributed by atoms with E-state index in [2.05, 4.69) is 29.0 Å². The lowest BCUT2D eigenvalue weighted by molar-refractivity contribution is 0.0938. The lowest BCUT2D eigenvalue weighted by Gasteiger charge is -2.28. The molecule has 0 aliphatic carbocycles. The van der Waals surface area contributed by atoms with E-state index in [1.165, 1.54) is 6.26 Å². The molecule has 1 amide bonds. The van der Waals surface area contributed by atoms with Crippen molar-refractivity contribution in [3.8, 4) is 11.5 Å². The number of ether oxygens (including phenoxy) is 2. The van der Waals surface area contributed by atoms with Gasteiger partial charge in [-0.1, -0.05) is 19.1 Å². The second kappa shape index (κ2) is 10.1. The summed E-state index contributed by atoms with van der Waals surface area (Å²) in [6.45, 7) is 9.24. The Balaban J connectivity index is 2.20. The Bertz CT molecular complexity index is 773. The summed E-state index contributed by atoms with van der Waals surface area (Å²) >= 11 is 0. The zero-order chi connectivity index (χ0) is 20.7. The van der Waals surface area contributed by atoms with Crippen LogP contribution in [0.3, 0.4) is 0 Å². The third-order valence-corrected chi connectivity index (χ3v) is 4.61. The van der Waals surface area contributed by atoms with E-state index in [1.807, 2.05) is 32.0 Å². The molecular formula is C21H31N3O4. The van der Waals surface area contributed by atoms with Gasteiger partial charge >= 0.3 is 0 Å². The minimum absolute atomic E-state index is 0.0461. The van der Waals surface area contributed by atoms with E-state index in [0.29, 0.717) is 30.4 Å². The molecule has 0 saturated heterocycles. The van der Waals surface area contributed by atoms with E-state index in [0.717, 1.165) is 17.7 Å². The van der Waals surface area contributed by atoms with Crippen LogP contribution >= 0.6 is 0 Å². The number of nitrogens with one attached hydrogen (secondary N) is 1. The average molecular weight is 389 g/mol. The summed E-state index contributed by atoms with van der Waals surface area (Å²) in [5.41, 5.74) is 1.32. The standard InChI is InChI=1S/C21H31N3O4/c1-7-15(4)24(11-16-9-8-10-18(26-5)20(16)27-6)12-19-23-17(13-28-19)21(25)22-14(2)3/h8-10,13-15H,7,11-12H2,1-6H3,(H,22,25). The Morgan fingerprint density at radius 3 is 2.57 bits per heavy atom. The number of amides is 1. The molecule has 7 heteroatoms. The quantitative estimate of drug-likeness (QED) is 0.669. The van der Waals surface area contributed by atoms with Crippen LogP contribution in [0, 0.1) is 0 Å². The first-order valence-electron chi connectivity index (χ1n) is 9.58. The fourth-order valence-corrected chi connectivity index (χ4v) is 2.92. The summed E-state index contributed by atoms with van der Waals surface area (Å²) in [4.78, 5) is 18.7. The van der Waals surface area contributed by atoms with E-state index in [-0.39, 0.29) is 18.0 Å². The fourth-order valence-electron chi connectivity index (χ4n) is 2.92. The zero-order valence-electron chi connectivity index (χ0n) is 17.6. The zero-order valence-corrected chi connectivity index (χ0v) is 17.6. The molecule has 2 rings (SSSR count). The Kier molecular flexibility index (Phi) is 7.87. The molecule has 0 aliphatic rings. The van der Waals surface area contributed by atoms with Crippen molar-refractivity contribution in [2.45, 2.75) is 59.3 Å². The Morgan fingerprint density at radius 1 is 1.21 bits per heavy atom. The highest BCUT2D eigenvalue weighted by Gasteiger charge is 2.21. The minimum atomic E-state index is -0.227. The van der Waals surface area contributed by atoms with Gasteiger partial charge in [0.05, 0.1) is 20.8 Å². The second-order valence-electron chi connectivity index (χ2n) is 7.07. The molecule has 1 aromatic carbocycles. The first-order valence-corrected chi connectivity index (χ1v) is 9.58. The monoisotopic (exact) mass is 389 g/mol. The number of carbonyl (C=O) groups is 1. The summed E-state index contributed by atoms with van der Waals surface area (Å²) in [6, 6.07) is 6.18. The molecule has 28 heavy (non-hydrogen) atoms. The lowest BCUT2D eigenvalue weighted by Crippen LogP contribution is -2.32. The van der Waals surface area contributed by atoms with Gasteiger partial charge < -0.3 is 19.2 Å². The van der Waals surface area contributed by atoms with Gasteiger partial charge in [0.1, 0.15) is 6.26 Å². The minimum Gasteiger partial charge on any atom is -0.493 e. The van der Waals surface area contributed by atoms with Crippen LogP contribution in [-0.4, -0.2) is 42.1 Å². The average Bonchev–Trinajstić information content (AvgIpc) is 3.14. The van der Waals surface area contributed by atoms with Gasteiger partial charge in [-0.3, -0.25) is 9.69 Å². The van der Waals surface area contributed by atoms with Gasteiger partial charge in [-0.25, -0.2) is 4.98 Å². The highest BCUT2D eigenvalue weighted by atomic mass is 16.5. The maximum atomic E-state index is 12.1. The van der Waals surface area contributed by atoms with Crippen LogP contribution in [0.1, 0.15) is 56.1 Å². The lowest BCUT2D eigenvalue weighted by atomic mass is 10.1. The van der Waals surface area contributed by atoms with Crippen LogP contribution in [0.25, 0.3) is 0 Å². The van der Waals surface area contributed by atoms with Gasteiger partial charge in [0.15, 0.2) is 17.2 Å². The van der Waals surface area contributed by atoms with Crippen molar-refractivity contribution < 1.29 is 18.7 Å². The Hall–Kier alpha value is -2.54. The van der Waals surface area contributed by atoms with Crippen LogP contribution in [-0.2, 0) is 13.1 Å². The van der Waals surface area contributed by atoms with E-state index >= 15 is 0 Å². The SMILES string of the molecule is CCC(C)N(Cc1nc(C(=O)NC(C)C)co1)Cc1cccc(OC)c1OC. The van der Waals surface area contributed by atoms with Crippen LogP contribution < -0.4 is 14.8 Å². The van der Waals surface area contributed by atoms with Gasteiger partial charge in [-0.05, 0) is 33.3 Å². The normalized spacial score (nSPS) is 12.3. The molecule has 7 nitrogen and oxygen atoms in total. The number of oxazole rings is 1. The van der Waals surface area contributed by atoms with Gasteiger partial charge in [-0.2, -0.15) is 0 Å². The molecule has 0 spiro atoms. The molecule has 2 aromatic rings. The third-order valence-electron chi connectivity index (χ3n) is 4.61. The molecule has 1 heterocycles. The van der Waals surface area contributed by atoms with Gasteiger partial charge in [0.25, 0.3) is 5.91 Å². The number of hydrogen-bond acceptors (Lipinski definition) is 6. The predicted molar refractivity (Wildman–Crippen MR) is 108 cm³/mol. The molecule has 154 valence electrons. The molecular weight excluding hydrogens is 358 g/mol. The number of carbonyl (C=O) groups excluding carboxylic acids is 1. The van der Waals surface area contributed by atoms with Gasteiger partial charge in [-0.15, -0.1) is 0 Å². The molecule has 1 atom stereocenters. The first-order chi connectivity index (χ1) is 13.4. The van der Waals surface area contributed by atoms with Crippen molar-refractivity contribution in [2.24, 2.45) is 0 Å². The summed E-state index contributed by atoms with van der Waals surface area (Å²) in [6.07, 6.45) is 2.38. The first kappa shape index (κ1) is 21.8. The maximum absolute atomic E-state index is 12.1. The summed E-state index contributed by atoms with van der Waals surface area (Å²) in [5.74, 6) is 1.71. The summed E-state index contributed by atoms with van der Waals surface area (Å²) in [5, 5.41) is 2.82. The number of rotatable bonds is 10. The number of benzene rings is 1. The number of hydrogen-bond donors (Lipinski definition) is 1. The number of para-hydroxylation sites is 1. The molecule has 0 bridgehead atoms. The van der Waals surface area contributed by atoms with Crippen LogP contribution in [0.2, 0.25) is 0 Å². The second-order valence-corrected chi connectivity index (χ2v) is 7.07. The van der Waals surface area contributed by atoms with E-state index in [4.69, 9.17) is 13.9 Å². The smallest absolute Gasteiger partial charge is 0.273 e. The molecule has 1 aromatic heterocycles. The molecule has 1 unspecified atom stereocenters. The van der Waals surface area contributed by atoms with E-state index in [1.54, 1.807) is 14.2 Å². The highest BCUT2D eigenvalue weighted by Crippen LogP contribution is 2.32. The van der Waals surface area contributed by atoms with Crippen molar-refractivity contribution in [1.82, 2.24) is 15.2 Å². The largest absolute Gasteiger partial charge is 0.493 e. The van der Waals surface area contributed by atoms with Crippen molar-refractivity contribution in [3.05, 3.63) is 41.6 Å². The van der Waals surface area contributed by atoms with Crippen LogP contribution in [0.4, 0.5) is 0 Å². The third kappa shape index (κ3) is 5.48. The molecule has 1 N–H and O–H groups in total. The van der Waals surface area contributed by atoms with Crippen molar-refractivity contribution in [2.75, 3.05) is 14.2 Å². The van der Waals surface area contributed by atoms with Crippen molar-refractivity contribution >= 4 is 5.91 Å². The highest BCUT2D eigenvalue weighted by molar-refractivity contribution is 5.92. The molecule has 0 saturated carbocycles. The van der Waals surface area contributed by atoms with Gasteiger partial charge in [0.2, 0.25) is 5.89 Å². The molecule has 0 aliphatic heterocycles.